The van der Waals surface area contributed by atoms with Crippen molar-refractivity contribution >= 4 is 23.1 Å². The first-order chi connectivity index (χ1) is 9.74. The molecular formula is C14H12N2O3S. The largest absolute Gasteiger partial charge is 0.493 e. The summed E-state index contributed by atoms with van der Waals surface area (Å²) in [5.74, 6) is 0.536. The summed E-state index contributed by atoms with van der Waals surface area (Å²) in [7, 11) is 0. The molecule has 0 atom stereocenters. The van der Waals surface area contributed by atoms with Crippen LogP contribution in [-0.2, 0) is 11.3 Å². The first kappa shape index (κ1) is 12.7. The maximum Gasteiger partial charge on any atom is 0.375 e. The maximum absolute atomic E-state index is 11.6. The zero-order valence-electron chi connectivity index (χ0n) is 10.5. The molecule has 1 aliphatic rings. The van der Waals surface area contributed by atoms with Crippen molar-refractivity contribution in [2.75, 3.05) is 6.61 Å². The molecule has 2 heterocycles. The second kappa shape index (κ2) is 5.34. The lowest BCUT2D eigenvalue weighted by Gasteiger charge is -2.03. The molecule has 0 radical (unpaired) electrons. The van der Waals surface area contributed by atoms with E-state index in [0.29, 0.717) is 17.0 Å². The molecule has 6 heteroatoms. The monoisotopic (exact) mass is 288 g/mol. The quantitative estimate of drug-likeness (QED) is 0.406. The van der Waals surface area contributed by atoms with Crippen LogP contribution in [0.2, 0.25) is 0 Å². The van der Waals surface area contributed by atoms with Crippen LogP contribution in [0, 0.1) is 0 Å². The number of ether oxygens (including phenoxy) is 1. The predicted octanol–water partition coefficient (Wildman–Crippen LogP) is 2.16. The number of nitrogens with two attached hydrogens (primary N) is 1. The number of benzene rings is 1. The van der Waals surface area contributed by atoms with E-state index in [4.69, 9.17) is 15.3 Å². The van der Waals surface area contributed by atoms with Gasteiger partial charge in [-0.15, -0.1) is 11.3 Å². The third-order valence-electron chi connectivity index (χ3n) is 2.93. The van der Waals surface area contributed by atoms with Crippen LogP contribution in [0.4, 0.5) is 0 Å². The summed E-state index contributed by atoms with van der Waals surface area (Å²) in [6, 6.07) is 8.99. The Morgan fingerprint density at radius 1 is 1.40 bits per heavy atom. The van der Waals surface area contributed by atoms with E-state index < -0.39 is 5.97 Å². The minimum Gasteiger partial charge on any atom is -0.493 e. The molecule has 0 saturated carbocycles. The third-order valence-corrected chi connectivity index (χ3v) is 3.78. The van der Waals surface area contributed by atoms with Gasteiger partial charge in [0.2, 0.25) is 0 Å². The number of thiophene rings is 1. The third kappa shape index (κ3) is 2.50. The topological polar surface area (TPSA) is 73.9 Å². The lowest BCUT2D eigenvalue weighted by atomic mass is 10.1. The first-order valence-electron chi connectivity index (χ1n) is 6.08. The van der Waals surface area contributed by atoms with Gasteiger partial charge in [-0.1, -0.05) is 11.2 Å². The number of hydrogen-bond acceptors (Lipinski definition) is 5. The molecule has 0 unspecified atom stereocenters. The summed E-state index contributed by atoms with van der Waals surface area (Å²) in [6.07, 6.45) is 0.853. The van der Waals surface area contributed by atoms with Gasteiger partial charge in [0.1, 0.15) is 10.6 Å². The van der Waals surface area contributed by atoms with E-state index in [0.717, 1.165) is 17.7 Å². The number of hydrogen-bond donors (Lipinski definition) is 1. The molecule has 0 saturated heterocycles. The average Bonchev–Trinajstić information content (AvgIpc) is 3.13. The van der Waals surface area contributed by atoms with Gasteiger partial charge < -0.3 is 15.3 Å². The van der Waals surface area contributed by atoms with Crippen LogP contribution in [0.25, 0.3) is 0 Å². The zero-order chi connectivity index (χ0) is 13.9. The van der Waals surface area contributed by atoms with Crippen molar-refractivity contribution in [3.63, 3.8) is 0 Å². The summed E-state index contributed by atoms with van der Waals surface area (Å²) in [5, 5.41) is 5.48. The standard InChI is InChI=1S/C14H12N2O3S/c15-13(16-19-14(17)12-2-1-7-20-12)10-3-4-11-9(8-10)5-6-18-11/h1-4,7-8H,5-6H2,(H2,15,16). The molecule has 1 aromatic heterocycles. The number of rotatable bonds is 3. The molecule has 2 aromatic rings. The Bertz CT molecular complexity index is 665. The van der Waals surface area contributed by atoms with Gasteiger partial charge in [-0.2, -0.15) is 0 Å². The molecule has 102 valence electrons. The van der Waals surface area contributed by atoms with E-state index in [-0.39, 0.29) is 5.84 Å². The molecule has 1 aliphatic heterocycles. The molecule has 1 aromatic carbocycles. The van der Waals surface area contributed by atoms with Crippen LogP contribution in [-0.4, -0.2) is 18.4 Å². The van der Waals surface area contributed by atoms with Gasteiger partial charge >= 0.3 is 5.97 Å². The fourth-order valence-electron chi connectivity index (χ4n) is 1.93. The van der Waals surface area contributed by atoms with Gasteiger partial charge in [-0.05, 0) is 35.2 Å². The Balaban J connectivity index is 1.73. The highest BCUT2D eigenvalue weighted by Gasteiger charge is 2.14. The Hall–Kier alpha value is -2.34. The van der Waals surface area contributed by atoms with E-state index in [1.165, 1.54) is 11.3 Å². The van der Waals surface area contributed by atoms with E-state index in [2.05, 4.69) is 5.16 Å². The van der Waals surface area contributed by atoms with Crippen molar-refractivity contribution in [3.8, 4) is 5.75 Å². The number of carbonyl (C=O) groups excluding carboxylic acids is 1. The summed E-state index contributed by atoms with van der Waals surface area (Å²) in [4.78, 5) is 16.9. The predicted molar refractivity (Wildman–Crippen MR) is 76.1 cm³/mol. The molecule has 0 amide bonds. The molecule has 3 rings (SSSR count). The highest BCUT2D eigenvalue weighted by atomic mass is 32.1. The van der Waals surface area contributed by atoms with Crippen molar-refractivity contribution < 1.29 is 14.4 Å². The second-order valence-corrected chi connectivity index (χ2v) is 5.20. The summed E-state index contributed by atoms with van der Waals surface area (Å²) < 4.78 is 5.42. The SMILES string of the molecule is N/C(=N\OC(=O)c1cccs1)c1ccc2c(c1)CCO2. The fourth-order valence-corrected chi connectivity index (χ4v) is 2.52. The molecule has 0 aliphatic carbocycles. The smallest absolute Gasteiger partial charge is 0.375 e. The summed E-state index contributed by atoms with van der Waals surface area (Å²) in [5.41, 5.74) is 7.63. The number of carbonyl (C=O) groups is 1. The number of fused-ring (bicyclic) bond motifs is 1. The Labute approximate surface area is 119 Å². The van der Waals surface area contributed by atoms with E-state index in [1.807, 2.05) is 12.1 Å². The molecular weight excluding hydrogens is 276 g/mol. The first-order valence-corrected chi connectivity index (χ1v) is 6.96. The van der Waals surface area contributed by atoms with Gasteiger partial charge in [0, 0.05) is 12.0 Å². The van der Waals surface area contributed by atoms with Crippen LogP contribution < -0.4 is 10.5 Å². The molecule has 0 fully saturated rings. The second-order valence-electron chi connectivity index (χ2n) is 4.25. The average molecular weight is 288 g/mol. The fraction of sp³-hybridized carbons (Fsp3) is 0.143. The van der Waals surface area contributed by atoms with Gasteiger partial charge in [0.15, 0.2) is 5.84 Å². The minimum absolute atomic E-state index is 0.171. The number of oxime groups is 1. The van der Waals surface area contributed by atoms with Crippen LogP contribution in [0.3, 0.4) is 0 Å². The van der Waals surface area contributed by atoms with Crippen molar-refractivity contribution in [2.24, 2.45) is 10.9 Å². The Morgan fingerprint density at radius 2 is 2.30 bits per heavy atom. The van der Waals surface area contributed by atoms with Crippen LogP contribution in [0.5, 0.6) is 5.75 Å². The molecule has 5 nitrogen and oxygen atoms in total. The van der Waals surface area contributed by atoms with Crippen LogP contribution in [0.1, 0.15) is 20.8 Å². The van der Waals surface area contributed by atoms with Gasteiger partial charge in [-0.25, -0.2) is 4.79 Å². The van der Waals surface area contributed by atoms with E-state index >= 15 is 0 Å². The van der Waals surface area contributed by atoms with Crippen molar-refractivity contribution in [1.29, 1.82) is 0 Å². The molecule has 2 N–H and O–H groups in total. The molecule has 0 bridgehead atoms. The van der Waals surface area contributed by atoms with Crippen LogP contribution >= 0.6 is 11.3 Å². The maximum atomic E-state index is 11.6. The van der Waals surface area contributed by atoms with Crippen LogP contribution in [0.15, 0.2) is 40.9 Å². The van der Waals surface area contributed by atoms with Crippen molar-refractivity contribution in [2.45, 2.75) is 6.42 Å². The van der Waals surface area contributed by atoms with Crippen molar-refractivity contribution in [3.05, 3.63) is 51.7 Å². The molecule has 20 heavy (non-hydrogen) atoms. The lowest BCUT2D eigenvalue weighted by Crippen LogP contribution is -2.15. The van der Waals surface area contributed by atoms with E-state index in [9.17, 15) is 4.79 Å². The highest BCUT2D eigenvalue weighted by molar-refractivity contribution is 7.11. The number of nitrogens with zero attached hydrogens (tertiary/aromatic N) is 1. The van der Waals surface area contributed by atoms with E-state index in [1.54, 1.807) is 23.6 Å². The Kier molecular flexibility index (Phi) is 3.39. The zero-order valence-corrected chi connectivity index (χ0v) is 11.4. The highest BCUT2D eigenvalue weighted by Crippen LogP contribution is 2.25. The van der Waals surface area contributed by atoms with Crippen molar-refractivity contribution in [1.82, 2.24) is 0 Å². The Morgan fingerprint density at radius 3 is 3.10 bits per heavy atom. The molecule has 0 spiro atoms. The minimum atomic E-state index is -0.507. The number of amidine groups is 1. The van der Waals surface area contributed by atoms with Gasteiger partial charge in [-0.3, -0.25) is 0 Å². The van der Waals surface area contributed by atoms with Gasteiger partial charge in [0.05, 0.1) is 6.61 Å². The summed E-state index contributed by atoms with van der Waals surface area (Å²) in [6.45, 7) is 0.684. The van der Waals surface area contributed by atoms with Gasteiger partial charge in [0.25, 0.3) is 0 Å². The lowest BCUT2D eigenvalue weighted by molar-refractivity contribution is 0.0522. The normalized spacial score (nSPS) is 13.7. The summed E-state index contributed by atoms with van der Waals surface area (Å²) >= 11 is 1.29.